The van der Waals surface area contributed by atoms with Crippen molar-refractivity contribution in [1.82, 2.24) is 9.80 Å². The van der Waals surface area contributed by atoms with Crippen molar-refractivity contribution in [3.05, 3.63) is 35.6 Å². The average Bonchev–Trinajstić information content (AvgIpc) is 2.60. The number of benzene rings is 1. The van der Waals surface area contributed by atoms with Gasteiger partial charge in [0.25, 0.3) is 5.91 Å². The lowest BCUT2D eigenvalue weighted by Gasteiger charge is -2.39. The Kier molecular flexibility index (Phi) is 5.40. The Morgan fingerprint density at radius 3 is 2.28 bits per heavy atom. The maximum absolute atomic E-state index is 13.3. The fourth-order valence-corrected chi connectivity index (χ4v) is 4.23. The summed E-state index contributed by atoms with van der Waals surface area (Å²) in [4.78, 5) is 29.0. The summed E-state index contributed by atoms with van der Waals surface area (Å²) in [6, 6.07) is 5.80. The molecule has 0 aliphatic carbocycles. The Labute approximate surface area is 149 Å². The van der Waals surface area contributed by atoms with Gasteiger partial charge >= 0.3 is 0 Å². The van der Waals surface area contributed by atoms with E-state index in [2.05, 4.69) is 13.8 Å². The highest BCUT2D eigenvalue weighted by Gasteiger charge is 2.33. The van der Waals surface area contributed by atoms with Crippen LogP contribution in [0.5, 0.6) is 0 Å². The van der Waals surface area contributed by atoms with E-state index in [-0.39, 0.29) is 17.7 Å². The van der Waals surface area contributed by atoms with E-state index >= 15 is 0 Å². The lowest BCUT2D eigenvalue weighted by atomic mass is 9.89. The highest BCUT2D eigenvalue weighted by Crippen LogP contribution is 2.26. The molecule has 25 heavy (non-hydrogen) atoms. The molecule has 0 N–H and O–H groups in total. The summed E-state index contributed by atoms with van der Waals surface area (Å²) in [6.07, 6.45) is 2.57. The first-order chi connectivity index (χ1) is 11.9. The monoisotopic (exact) mass is 346 g/mol. The van der Waals surface area contributed by atoms with E-state index in [0.717, 1.165) is 13.1 Å². The molecule has 1 aromatic rings. The fourth-order valence-electron chi connectivity index (χ4n) is 4.23. The van der Waals surface area contributed by atoms with Crippen LogP contribution in [0.25, 0.3) is 0 Å². The molecule has 2 heterocycles. The van der Waals surface area contributed by atoms with E-state index < -0.39 is 5.82 Å². The molecule has 2 aliphatic rings. The van der Waals surface area contributed by atoms with Gasteiger partial charge in [-0.2, -0.15) is 0 Å². The Morgan fingerprint density at radius 1 is 1.04 bits per heavy atom. The molecule has 2 amide bonds. The molecule has 1 aromatic carbocycles. The standard InChI is InChI=1S/C20H27FN2O2/c1-14-10-15(2)13-23(12-14)19(24)16-6-8-22(9-7-16)20(25)17-4-3-5-18(21)11-17/h3-5,11,14-16H,6-10,12-13H2,1-2H3. The highest BCUT2D eigenvalue weighted by molar-refractivity contribution is 5.94. The molecule has 0 bridgehead atoms. The second-order valence-electron chi connectivity index (χ2n) is 7.77. The van der Waals surface area contributed by atoms with Crippen molar-refractivity contribution in [2.75, 3.05) is 26.2 Å². The number of hydrogen-bond donors (Lipinski definition) is 0. The van der Waals surface area contributed by atoms with Crippen LogP contribution in [-0.2, 0) is 4.79 Å². The maximum atomic E-state index is 13.3. The number of carbonyl (C=O) groups is 2. The van der Waals surface area contributed by atoms with Crippen LogP contribution in [0.2, 0.25) is 0 Å². The molecule has 2 saturated heterocycles. The van der Waals surface area contributed by atoms with Gasteiger partial charge in [0.2, 0.25) is 5.91 Å². The molecule has 136 valence electrons. The van der Waals surface area contributed by atoms with E-state index in [1.54, 1.807) is 17.0 Å². The third kappa shape index (κ3) is 4.20. The van der Waals surface area contributed by atoms with Gasteiger partial charge in [-0.3, -0.25) is 9.59 Å². The van der Waals surface area contributed by atoms with Gasteiger partial charge in [0.05, 0.1) is 0 Å². The van der Waals surface area contributed by atoms with Crippen molar-refractivity contribution in [3.63, 3.8) is 0 Å². The van der Waals surface area contributed by atoms with Crippen LogP contribution in [0, 0.1) is 23.6 Å². The molecule has 2 aliphatic heterocycles. The second-order valence-corrected chi connectivity index (χ2v) is 7.77. The molecular weight excluding hydrogens is 319 g/mol. The minimum absolute atomic E-state index is 0.00839. The number of carbonyl (C=O) groups excluding carboxylic acids is 2. The van der Waals surface area contributed by atoms with E-state index in [9.17, 15) is 14.0 Å². The van der Waals surface area contributed by atoms with E-state index in [0.29, 0.717) is 43.3 Å². The molecule has 2 fully saturated rings. The summed E-state index contributed by atoms with van der Waals surface area (Å²) in [5.41, 5.74) is 0.378. The summed E-state index contributed by atoms with van der Waals surface area (Å²) in [5, 5.41) is 0. The van der Waals surface area contributed by atoms with Gasteiger partial charge in [-0.05, 0) is 49.3 Å². The van der Waals surface area contributed by atoms with Crippen LogP contribution in [0.3, 0.4) is 0 Å². The van der Waals surface area contributed by atoms with E-state index in [4.69, 9.17) is 0 Å². The smallest absolute Gasteiger partial charge is 0.253 e. The summed E-state index contributed by atoms with van der Waals surface area (Å²) < 4.78 is 13.3. The lowest BCUT2D eigenvalue weighted by Crippen LogP contribution is -2.48. The van der Waals surface area contributed by atoms with Crippen LogP contribution in [0.1, 0.15) is 43.5 Å². The zero-order valence-corrected chi connectivity index (χ0v) is 15.1. The highest BCUT2D eigenvalue weighted by atomic mass is 19.1. The molecule has 3 rings (SSSR count). The molecule has 2 atom stereocenters. The number of amides is 2. The SMILES string of the molecule is CC1CC(C)CN(C(=O)C2CCN(C(=O)c3cccc(F)c3)CC2)C1. The van der Waals surface area contributed by atoms with E-state index in [1.807, 2.05) is 4.90 Å². The quantitative estimate of drug-likeness (QED) is 0.825. The average molecular weight is 346 g/mol. The lowest BCUT2D eigenvalue weighted by molar-refractivity contribution is -0.139. The number of halogens is 1. The molecule has 0 radical (unpaired) electrons. The number of piperidine rings is 2. The second kappa shape index (κ2) is 7.54. The normalized spacial score (nSPS) is 25.1. The van der Waals surface area contributed by atoms with Crippen molar-refractivity contribution in [1.29, 1.82) is 0 Å². The summed E-state index contributed by atoms with van der Waals surface area (Å²) >= 11 is 0. The molecule has 5 heteroatoms. The Bertz CT molecular complexity index is 630. The number of hydrogen-bond acceptors (Lipinski definition) is 2. The molecule has 4 nitrogen and oxygen atoms in total. The zero-order chi connectivity index (χ0) is 18.0. The molecule has 0 spiro atoms. The van der Waals surface area contributed by atoms with Gasteiger partial charge in [0.15, 0.2) is 0 Å². The molecule has 0 aromatic heterocycles. The Hall–Kier alpha value is -1.91. The Morgan fingerprint density at radius 2 is 1.68 bits per heavy atom. The van der Waals surface area contributed by atoms with Gasteiger partial charge in [-0.1, -0.05) is 19.9 Å². The van der Waals surface area contributed by atoms with Gasteiger partial charge in [-0.25, -0.2) is 4.39 Å². The first-order valence-electron chi connectivity index (χ1n) is 9.27. The van der Waals surface area contributed by atoms with Gasteiger partial charge in [0.1, 0.15) is 5.82 Å². The molecular formula is C20H27FN2O2. The number of nitrogens with zero attached hydrogens (tertiary/aromatic N) is 2. The first-order valence-corrected chi connectivity index (χ1v) is 9.27. The summed E-state index contributed by atoms with van der Waals surface area (Å²) in [7, 11) is 0. The van der Waals surface area contributed by atoms with Crippen LogP contribution in [-0.4, -0.2) is 47.8 Å². The minimum atomic E-state index is -0.399. The van der Waals surface area contributed by atoms with Crippen LogP contribution in [0.4, 0.5) is 4.39 Å². The first kappa shape index (κ1) is 17.9. The largest absolute Gasteiger partial charge is 0.342 e. The van der Waals surface area contributed by atoms with Crippen LogP contribution >= 0.6 is 0 Å². The molecule has 0 saturated carbocycles. The third-order valence-electron chi connectivity index (χ3n) is 5.38. The van der Waals surface area contributed by atoms with Crippen LogP contribution in [0.15, 0.2) is 24.3 Å². The van der Waals surface area contributed by atoms with Crippen molar-refractivity contribution in [2.45, 2.75) is 33.1 Å². The van der Waals surface area contributed by atoms with Gasteiger partial charge in [0, 0.05) is 37.7 Å². The van der Waals surface area contributed by atoms with Crippen molar-refractivity contribution >= 4 is 11.8 Å². The predicted octanol–water partition coefficient (Wildman–Crippen LogP) is 3.18. The number of rotatable bonds is 2. The fraction of sp³-hybridized carbons (Fsp3) is 0.600. The van der Waals surface area contributed by atoms with E-state index in [1.165, 1.54) is 18.6 Å². The van der Waals surface area contributed by atoms with Crippen LogP contribution < -0.4 is 0 Å². The summed E-state index contributed by atoms with van der Waals surface area (Å²) in [5.74, 6) is 0.824. The van der Waals surface area contributed by atoms with Crippen molar-refractivity contribution < 1.29 is 14.0 Å². The molecule has 2 unspecified atom stereocenters. The van der Waals surface area contributed by atoms with Gasteiger partial charge in [-0.15, -0.1) is 0 Å². The number of likely N-dealkylation sites (tertiary alicyclic amines) is 2. The van der Waals surface area contributed by atoms with Crippen molar-refractivity contribution in [3.8, 4) is 0 Å². The minimum Gasteiger partial charge on any atom is -0.342 e. The zero-order valence-electron chi connectivity index (χ0n) is 15.1. The predicted molar refractivity (Wildman–Crippen MR) is 94.6 cm³/mol. The van der Waals surface area contributed by atoms with Gasteiger partial charge < -0.3 is 9.80 Å². The topological polar surface area (TPSA) is 40.6 Å². The maximum Gasteiger partial charge on any atom is 0.253 e. The third-order valence-corrected chi connectivity index (χ3v) is 5.38. The summed E-state index contributed by atoms with van der Waals surface area (Å²) in [6.45, 7) is 7.24. The van der Waals surface area contributed by atoms with Crippen molar-refractivity contribution in [2.24, 2.45) is 17.8 Å². The Balaban J connectivity index is 1.56.